The van der Waals surface area contributed by atoms with E-state index in [1.54, 1.807) is 19.2 Å². The van der Waals surface area contributed by atoms with E-state index in [9.17, 15) is 4.79 Å². The molecule has 0 aliphatic heterocycles. The molecule has 0 atom stereocenters. The summed E-state index contributed by atoms with van der Waals surface area (Å²) in [4.78, 5) is 12.1. The summed E-state index contributed by atoms with van der Waals surface area (Å²) in [6, 6.07) is 13.2. The van der Waals surface area contributed by atoms with Crippen LogP contribution in [0.4, 0.5) is 0 Å². The molecule has 0 saturated carbocycles. The summed E-state index contributed by atoms with van der Waals surface area (Å²) >= 11 is 1.15. The highest BCUT2D eigenvalue weighted by Gasteiger charge is 2.07. The van der Waals surface area contributed by atoms with Gasteiger partial charge in [0.25, 0.3) is 5.91 Å². The van der Waals surface area contributed by atoms with Crippen molar-refractivity contribution in [3.63, 3.8) is 0 Å². The maximum Gasteiger partial charge on any atom is 0.251 e. The monoisotopic (exact) mass is 313 g/mol. The van der Waals surface area contributed by atoms with Crippen LogP contribution in [0.1, 0.15) is 15.9 Å². The van der Waals surface area contributed by atoms with Crippen molar-refractivity contribution in [2.45, 2.75) is 6.42 Å². The number of carbonyl (C=O) groups excluding carboxylic acids is 1. The molecule has 1 aromatic heterocycles. The highest BCUT2D eigenvalue weighted by molar-refractivity contribution is 7.00. The smallest absolute Gasteiger partial charge is 0.251 e. The van der Waals surface area contributed by atoms with Crippen LogP contribution in [-0.2, 0) is 6.42 Å². The van der Waals surface area contributed by atoms with Crippen molar-refractivity contribution in [3.05, 3.63) is 53.6 Å². The van der Waals surface area contributed by atoms with Gasteiger partial charge in [0.1, 0.15) is 16.8 Å². The summed E-state index contributed by atoms with van der Waals surface area (Å²) in [6.07, 6.45) is 0.774. The molecule has 3 aromatic rings. The number of hydrogen-bond acceptors (Lipinski definition) is 5. The van der Waals surface area contributed by atoms with Crippen LogP contribution < -0.4 is 10.1 Å². The third-order valence-corrected chi connectivity index (χ3v) is 3.93. The standard InChI is InChI=1S/C16H15N3O2S/c1-21-13-5-2-11(3-6-13)8-9-17-16(20)12-4-7-14-15(10-12)19-22-18-14/h2-7,10H,8-9H2,1H3,(H,17,20). The molecule has 22 heavy (non-hydrogen) atoms. The van der Waals surface area contributed by atoms with Crippen LogP contribution >= 0.6 is 11.7 Å². The minimum Gasteiger partial charge on any atom is -0.497 e. The first-order valence-corrected chi connectivity index (χ1v) is 7.63. The van der Waals surface area contributed by atoms with Crippen molar-refractivity contribution < 1.29 is 9.53 Å². The second-order valence-corrected chi connectivity index (χ2v) is 5.35. The molecule has 0 bridgehead atoms. The fourth-order valence-electron chi connectivity index (χ4n) is 2.14. The van der Waals surface area contributed by atoms with Crippen molar-refractivity contribution in [2.24, 2.45) is 0 Å². The number of methoxy groups -OCH3 is 1. The van der Waals surface area contributed by atoms with E-state index in [1.807, 2.05) is 30.3 Å². The van der Waals surface area contributed by atoms with Crippen molar-refractivity contribution in [2.75, 3.05) is 13.7 Å². The zero-order valence-corrected chi connectivity index (χ0v) is 12.9. The summed E-state index contributed by atoms with van der Waals surface area (Å²) in [5, 5.41) is 2.92. The topological polar surface area (TPSA) is 64.1 Å². The number of fused-ring (bicyclic) bond motifs is 1. The Bertz CT molecular complexity index is 783. The quantitative estimate of drug-likeness (QED) is 0.786. The Balaban J connectivity index is 1.57. The predicted molar refractivity (Wildman–Crippen MR) is 86.4 cm³/mol. The van der Waals surface area contributed by atoms with Crippen LogP contribution in [0.2, 0.25) is 0 Å². The normalized spacial score (nSPS) is 10.6. The van der Waals surface area contributed by atoms with Gasteiger partial charge < -0.3 is 10.1 Å². The first-order valence-electron chi connectivity index (χ1n) is 6.90. The Morgan fingerprint density at radius 3 is 2.68 bits per heavy atom. The molecule has 0 aliphatic carbocycles. The number of aromatic nitrogens is 2. The third-order valence-electron chi connectivity index (χ3n) is 3.37. The van der Waals surface area contributed by atoms with E-state index in [2.05, 4.69) is 14.1 Å². The van der Waals surface area contributed by atoms with E-state index in [0.29, 0.717) is 12.1 Å². The Morgan fingerprint density at radius 2 is 1.91 bits per heavy atom. The van der Waals surface area contributed by atoms with Gasteiger partial charge in [-0.05, 0) is 42.3 Å². The molecule has 0 radical (unpaired) electrons. The number of carbonyl (C=O) groups is 1. The van der Waals surface area contributed by atoms with Gasteiger partial charge in [0.2, 0.25) is 0 Å². The number of benzene rings is 2. The van der Waals surface area contributed by atoms with Gasteiger partial charge in [-0.1, -0.05) is 12.1 Å². The van der Waals surface area contributed by atoms with Crippen LogP contribution in [0, 0.1) is 0 Å². The second kappa shape index (κ2) is 6.53. The number of ether oxygens (including phenoxy) is 1. The molecule has 2 aromatic carbocycles. The van der Waals surface area contributed by atoms with Gasteiger partial charge in [0.05, 0.1) is 18.8 Å². The van der Waals surface area contributed by atoms with Crippen LogP contribution in [0.5, 0.6) is 5.75 Å². The zero-order chi connectivity index (χ0) is 15.4. The Labute approximate surface area is 132 Å². The number of amides is 1. The van der Waals surface area contributed by atoms with E-state index in [1.165, 1.54) is 0 Å². The predicted octanol–water partition coefficient (Wildman–Crippen LogP) is 2.67. The van der Waals surface area contributed by atoms with Crippen molar-refractivity contribution in [1.29, 1.82) is 0 Å². The maximum atomic E-state index is 12.1. The van der Waals surface area contributed by atoms with Gasteiger partial charge in [-0.3, -0.25) is 4.79 Å². The Morgan fingerprint density at radius 1 is 1.14 bits per heavy atom. The number of hydrogen-bond donors (Lipinski definition) is 1. The SMILES string of the molecule is COc1ccc(CCNC(=O)c2ccc3nsnc3c2)cc1. The van der Waals surface area contributed by atoms with Crippen molar-refractivity contribution in [1.82, 2.24) is 14.1 Å². The lowest BCUT2D eigenvalue weighted by Gasteiger charge is -2.06. The molecule has 112 valence electrons. The van der Waals surface area contributed by atoms with Crippen LogP contribution in [-0.4, -0.2) is 28.3 Å². The first kappa shape index (κ1) is 14.5. The Kier molecular flexibility index (Phi) is 4.29. The highest BCUT2D eigenvalue weighted by Crippen LogP contribution is 2.14. The molecule has 5 nitrogen and oxygen atoms in total. The van der Waals surface area contributed by atoms with Gasteiger partial charge in [-0.25, -0.2) is 0 Å². The molecule has 0 fully saturated rings. The van der Waals surface area contributed by atoms with Gasteiger partial charge in [0.15, 0.2) is 0 Å². The molecule has 3 rings (SSSR count). The third kappa shape index (κ3) is 3.23. The summed E-state index contributed by atoms with van der Waals surface area (Å²) in [5.74, 6) is 0.737. The molecule has 0 unspecified atom stereocenters. The largest absolute Gasteiger partial charge is 0.497 e. The Hall–Kier alpha value is -2.47. The van der Waals surface area contributed by atoms with Crippen molar-refractivity contribution >= 4 is 28.7 Å². The molecule has 1 heterocycles. The van der Waals surface area contributed by atoms with Gasteiger partial charge in [-0.2, -0.15) is 8.75 Å². The molecule has 0 saturated heterocycles. The summed E-state index contributed by atoms with van der Waals surface area (Å²) < 4.78 is 13.4. The van der Waals surface area contributed by atoms with E-state index >= 15 is 0 Å². The molecular weight excluding hydrogens is 298 g/mol. The fraction of sp³-hybridized carbons (Fsp3) is 0.188. The van der Waals surface area contributed by atoms with Gasteiger partial charge in [0, 0.05) is 12.1 Å². The summed E-state index contributed by atoms with van der Waals surface area (Å²) in [6.45, 7) is 0.582. The van der Waals surface area contributed by atoms with Gasteiger partial charge >= 0.3 is 0 Å². The molecule has 6 heteroatoms. The fourth-order valence-corrected chi connectivity index (χ4v) is 2.66. The second-order valence-electron chi connectivity index (χ2n) is 4.82. The summed E-state index contributed by atoms with van der Waals surface area (Å²) in [7, 11) is 1.64. The number of nitrogens with one attached hydrogen (secondary N) is 1. The van der Waals surface area contributed by atoms with Crippen LogP contribution in [0.15, 0.2) is 42.5 Å². The molecule has 1 amide bonds. The zero-order valence-electron chi connectivity index (χ0n) is 12.1. The molecule has 0 aliphatic rings. The lowest BCUT2D eigenvalue weighted by atomic mass is 10.1. The lowest BCUT2D eigenvalue weighted by Crippen LogP contribution is -2.25. The highest BCUT2D eigenvalue weighted by atomic mass is 32.1. The molecule has 0 spiro atoms. The van der Waals surface area contributed by atoms with E-state index in [0.717, 1.165) is 40.5 Å². The van der Waals surface area contributed by atoms with E-state index in [4.69, 9.17) is 4.74 Å². The van der Waals surface area contributed by atoms with Crippen LogP contribution in [0.25, 0.3) is 11.0 Å². The molecule has 1 N–H and O–H groups in total. The minimum absolute atomic E-state index is 0.0941. The average Bonchev–Trinajstić information content (AvgIpc) is 3.03. The van der Waals surface area contributed by atoms with E-state index < -0.39 is 0 Å². The first-order chi connectivity index (χ1) is 10.8. The number of rotatable bonds is 5. The van der Waals surface area contributed by atoms with Gasteiger partial charge in [-0.15, -0.1) is 0 Å². The van der Waals surface area contributed by atoms with E-state index in [-0.39, 0.29) is 5.91 Å². The average molecular weight is 313 g/mol. The minimum atomic E-state index is -0.0941. The van der Waals surface area contributed by atoms with Crippen molar-refractivity contribution in [3.8, 4) is 5.75 Å². The molecular formula is C16H15N3O2S. The summed E-state index contributed by atoms with van der Waals surface area (Å²) in [5.41, 5.74) is 3.34. The number of nitrogens with zero attached hydrogens (tertiary/aromatic N) is 2. The van der Waals surface area contributed by atoms with Crippen LogP contribution in [0.3, 0.4) is 0 Å². The maximum absolute atomic E-state index is 12.1. The lowest BCUT2D eigenvalue weighted by molar-refractivity contribution is 0.0954.